The quantitative estimate of drug-likeness (QED) is 0.876. The van der Waals surface area contributed by atoms with Gasteiger partial charge in [0.15, 0.2) is 0 Å². The van der Waals surface area contributed by atoms with Crippen LogP contribution in [0.1, 0.15) is 18.2 Å². The molecule has 2 rings (SSSR count). The van der Waals surface area contributed by atoms with Gasteiger partial charge in [0, 0.05) is 17.8 Å². The summed E-state index contributed by atoms with van der Waals surface area (Å²) in [4.78, 5) is 7.88. The number of benzene rings is 1. The van der Waals surface area contributed by atoms with Crippen molar-refractivity contribution in [3.8, 4) is 0 Å². The molecule has 1 unspecified atom stereocenters. The van der Waals surface area contributed by atoms with E-state index in [2.05, 4.69) is 9.97 Å². The Kier molecular flexibility index (Phi) is 3.32. The number of rotatable bonds is 2. The second-order valence-electron chi connectivity index (χ2n) is 4.44. The lowest BCUT2D eigenvalue weighted by atomic mass is 10.1. The number of nitrogens with zero attached hydrogens (tertiary/aromatic N) is 2. The van der Waals surface area contributed by atoms with Crippen LogP contribution in [0.3, 0.4) is 0 Å². The van der Waals surface area contributed by atoms with Gasteiger partial charge in [-0.15, -0.1) is 0 Å². The Balaban J connectivity index is 2.61. The molecule has 2 aromatic rings. The Morgan fingerprint density at radius 3 is 2.53 bits per heavy atom. The van der Waals surface area contributed by atoms with E-state index in [4.69, 9.17) is 11.5 Å². The van der Waals surface area contributed by atoms with Gasteiger partial charge >= 0.3 is 6.18 Å². The van der Waals surface area contributed by atoms with E-state index in [0.717, 1.165) is 12.1 Å². The molecule has 19 heavy (non-hydrogen) atoms. The number of hydrogen-bond donors (Lipinski definition) is 2. The minimum atomic E-state index is -4.41. The van der Waals surface area contributed by atoms with Crippen molar-refractivity contribution in [3.05, 3.63) is 29.5 Å². The SMILES string of the molecule is CC(N)Cc1nc(N)nc2cc(C(F)(F)F)ccc12. The van der Waals surface area contributed by atoms with Crippen LogP contribution in [-0.4, -0.2) is 16.0 Å². The Morgan fingerprint density at radius 2 is 1.95 bits per heavy atom. The minimum absolute atomic E-state index is 0.0533. The Labute approximate surface area is 107 Å². The van der Waals surface area contributed by atoms with E-state index in [1.54, 1.807) is 6.92 Å². The van der Waals surface area contributed by atoms with Gasteiger partial charge in [-0.25, -0.2) is 9.97 Å². The summed E-state index contributed by atoms with van der Waals surface area (Å²) in [5.41, 5.74) is 11.2. The molecule has 102 valence electrons. The maximum absolute atomic E-state index is 12.6. The predicted molar refractivity (Wildman–Crippen MR) is 66.3 cm³/mol. The standard InChI is InChI=1S/C12H13F3N4/c1-6(16)4-9-8-3-2-7(12(13,14)15)5-10(8)19-11(17)18-9/h2-3,5-6H,4,16H2,1H3,(H2,17,18,19). The van der Waals surface area contributed by atoms with Crippen molar-refractivity contribution < 1.29 is 13.2 Å². The number of nitrogens with two attached hydrogens (primary N) is 2. The molecule has 1 aromatic carbocycles. The third kappa shape index (κ3) is 2.93. The second-order valence-corrected chi connectivity index (χ2v) is 4.44. The second kappa shape index (κ2) is 4.65. The fraction of sp³-hybridized carbons (Fsp3) is 0.333. The van der Waals surface area contributed by atoms with Crippen molar-refractivity contribution in [3.63, 3.8) is 0 Å². The van der Waals surface area contributed by atoms with Crippen molar-refractivity contribution in [1.82, 2.24) is 9.97 Å². The van der Waals surface area contributed by atoms with E-state index in [1.807, 2.05) is 0 Å². The van der Waals surface area contributed by atoms with Gasteiger partial charge in [-0.05, 0) is 19.1 Å². The number of nitrogen functional groups attached to an aromatic ring is 1. The molecule has 7 heteroatoms. The van der Waals surface area contributed by atoms with E-state index in [0.29, 0.717) is 17.5 Å². The monoisotopic (exact) mass is 270 g/mol. The molecule has 1 atom stereocenters. The van der Waals surface area contributed by atoms with Crippen molar-refractivity contribution in [1.29, 1.82) is 0 Å². The van der Waals surface area contributed by atoms with Gasteiger partial charge in [0.1, 0.15) is 0 Å². The number of halogens is 3. The fourth-order valence-electron chi connectivity index (χ4n) is 1.85. The van der Waals surface area contributed by atoms with E-state index < -0.39 is 11.7 Å². The molecular formula is C12H13F3N4. The highest BCUT2D eigenvalue weighted by atomic mass is 19.4. The number of alkyl halides is 3. The molecule has 0 saturated carbocycles. The molecular weight excluding hydrogens is 257 g/mol. The van der Waals surface area contributed by atoms with Gasteiger partial charge in [-0.2, -0.15) is 13.2 Å². The number of aromatic nitrogens is 2. The average Bonchev–Trinajstić information content (AvgIpc) is 2.25. The largest absolute Gasteiger partial charge is 0.416 e. The van der Waals surface area contributed by atoms with Crippen LogP contribution in [-0.2, 0) is 12.6 Å². The summed E-state index contributed by atoms with van der Waals surface area (Å²) in [5, 5.41) is 0.541. The molecule has 4 nitrogen and oxygen atoms in total. The van der Waals surface area contributed by atoms with Crippen LogP contribution in [0.25, 0.3) is 10.9 Å². The molecule has 4 N–H and O–H groups in total. The van der Waals surface area contributed by atoms with E-state index in [-0.39, 0.29) is 17.5 Å². The smallest absolute Gasteiger partial charge is 0.368 e. The normalized spacial score (nSPS) is 13.7. The maximum atomic E-state index is 12.6. The molecule has 0 radical (unpaired) electrons. The third-order valence-corrected chi connectivity index (χ3v) is 2.64. The molecule has 0 amide bonds. The summed E-state index contributed by atoms with van der Waals surface area (Å²) in [5.74, 6) is -0.0533. The van der Waals surface area contributed by atoms with Gasteiger partial charge in [0.2, 0.25) is 5.95 Å². The van der Waals surface area contributed by atoms with Crippen LogP contribution in [0.15, 0.2) is 18.2 Å². The molecule has 1 heterocycles. The van der Waals surface area contributed by atoms with Crippen LogP contribution in [0, 0.1) is 0 Å². The van der Waals surface area contributed by atoms with Crippen molar-refractivity contribution in [2.24, 2.45) is 5.73 Å². The first-order chi connectivity index (χ1) is 8.77. The highest BCUT2D eigenvalue weighted by Gasteiger charge is 2.30. The lowest BCUT2D eigenvalue weighted by Crippen LogP contribution is -2.19. The summed E-state index contributed by atoms with van der Waals surface area (Å²) >= 11 is 0. The molecule has 0 saturated heterocycles. The summed E-state index contributed by atoms with van der Waals surface area (Å²) in [6.45, 7) is 1.79. The van der Waals surface area contributed by atoms with Crippen molar-refractivity contribution in [2.75, 3.05) is 5.73 Å². The highest BCUT2D eigenvalue weighted by molar-refractivity contribution is 5.82. The topological polar surface area (TPSA) is 77.8 Å². The fourth-order valence-corrected chi connectivity index (χ4v) is 1.85. The zero-order chi connectivity index (χ0) is 14.2. The molecule has 0 aliphatic rings. The molecule has 1 aromatic heterocycles. The molecule has 0 aliphatic heterocycles. The number of fused-ring (bicyclic) bond motifs is 1. The van der Waals surface area contributed by atoms with E-state index >= 15 is 0 Å². The van der Waals surface area contributed by atoms with Crippen molar-refractivity contribution >= 4 is 16.9 Å². The predicted octanol–water partition coefficient (Wildman–Crippen LogP) is 2.12. The van der Waals surface area contributed by atoms with Gasteiger partial charge in [0.05, 0.1) is 16.8 Å². The van der Waals surface area contributed by atoms with Crippen LogP contribution in [0.5, 0.6) is 0 Å². The summed E-state index contributed by atoms with van der Waals surface area (Å²) in [6.07, 6.45) is -3.98. The zero-order valence-electron chi connectivity index (χ0n) is 10.2. The van der Waals surface area contributed by atoms with Crippen LogP contribution in [0.4, 0.5) is 19.1 Å². The van der Waals surface area contributed by atoms with Gasteiger partial charge < -0.3 is 11.5 Å². The third-order valence-electron chi connectivity index (χ3n) is 2.64. The van der Waals surface area contributed by atoms with E-state index in [9.17, 15) is 13.2 Å². The number of anilines is 1. The lowest BCUT2D eigenvalue weighted by Gasteiger charge is -2.11. The summed E-state index contributed by atoms with van der Waals surface area (Å²) in [7, 11) is 0. The number of hydrogen-bond acceptors (Lipinski definition) is 4. The van der Waals surface area contributed by atoms with Gasteiger partial charge in [-0.3, -0.25) is 0 Å². The first-order valence-corrected chi connectivity index (χ1v) is 5.66. The molecule has 0 bridgehead atoms. The van der Waals surface area contributed by atoms with Gasteiger partial charge in [0.25, 0.3) is 0 Å². The molecule has 0 fully saturated rings. The molecule has 0 spiro atoms. The Hall–Kier alpha value is -1.89. The van der Waals surface area contributed by atoms with Gasteiger partial charge in [-0.1, -0.05) is 6.07 Å². The first-order valence-electron chi connectivity index (χ1n) is 5.66. The van der Waals surface area contributed by atoms with Crippen LogP contribution >= 0.6 is 0 Å². The Bertz CT molecular complexity index is 608. The first kappa shape index (κ1) is 13.5. The summed E-state index contributed by atoms with van der Waals surface area (Å²) < 4.78 is 37.9. The average molecular weight is 270 g/mol. The van der Waals surface area contributed by atoms with Crippen LogP contribution in [0.2, 0.25) is 0 Å². The minimum Gasteiger partial charge on any atom is -0.368 e. The van der Waals surface area contributed by atoms with Crippen LogP contribution < -0.4 is 11.5 Å². The molecule has 0 aliphatic carbocycles. The highest BCUT2D eigenvalue weighted by Crippen LogP contribution is 2.31. The van der Waals surface area contributed by atoms with E-state index in [1.165, 1.54) is 6.07 Å². The lowest BCUT2D eigenvalue weighted by molar-refractivity contribution is -0.137. The Morgan fingerprint density at radius 1 is 1.26 bits per heavy atom. The summed E-state index contributed by atoms with van der Waals surface area (Å²) in [6, 6.07) is 3.17. The maximum Gasteiger partial charge on any atom is 0.416 e. The van der Waals surface area contributed by atoms with Crippen molar-refractivity contribution in [2.45, 2.75) is 25.6 Å². The zero-order valence-corrected chi connectivity index (χ0v) is 10.2.